The highest BCUT2D eigenvalue weighted by molar-refractivity contribution is 7.80. The van der Waals surface area contributed by atoms with E-state index in [1.807, 2.05) is 13.8 Å². The van der Waals surface area contributed by atoms with Gasteiger partial charge in [0.15, 0.2) is 5.11 Å². The van der Waals surface area contributed by atoms with Crippen LogP contribution in [0.3, 0.4) is 0 Å². The van der Waals surface area contributed by atoms with Gasteiger partial charge in [0, 0.05) is 12.6 Å². The van der Waals surface area contributed by atoms with Gasteiger partial charge < -0.3 is 16.0 Å². The summed E-state index contributed by atoms with van der Waals surface area (Å²) in [6.45, 7) is 4.37. The highest BCUT2D eigenvalue weighted by atomic mass is 32.1. The van der Waals surface area contributed by atoms with E-state index in [1.165, 1.54) is 32.1 Å². The number of carbonyl (C=O) groups excluding carboxylic acids is 1. The van der Waals surface area contributed by atoms with Crippen LogP contribution in [0.25, 0.3) is 0 Å². The van der Waals surface area contributed by atoms with E-state index in [2.05, 4.69) is 16.0 Å². The molecule has 1 rings (SSSR count). The molecule has 3 N–H and O–H groups in total. The maximum absolute atomic E-state index is 11.5. The second-order valence-corrected chi connectivity index (χ2v) is 4.98. The summed E-state index contributed by atoms with van der Waals surface area (Å²) in [5, 5.41) is 9.67. The number of amides is 1. The minimum atomic E-state index is -0.279. The van der Waals surface area contributed by atoms with Gasteiger partial charge in [0.2, 0.25) is 5.91 Å². The molecule has 17 heavy (non-hydrogen) atoms. The SMILES string of the molecule is CCNC(=O)[C@@H](C)NC(=S)NC1CCCCC1. The van der Waals surface area contributed by atoms with Crippen LogP contribution in [-0.4, -0.2) is 29.6 Å². The normalized spacial score (nSPS) is 18.2. The fourth-order valence-corrected chi connectivity index (χ4v) is 2.41. The Balaban J connectivity index is 2.25. The van der Waals surface area contributed by atoms with Crippen molar-refractivity contribution in [3.8, 4) is 0 Å². The van der Waals surface area contributed by atoms with Crippen molar-refractivity contribution in [2.45, 2.75) is 58.0 Å². The largest absolute Gasteiger partial charge is 0.360 e. The Morgan fingerprint density at radius 1 is 1.35 bits per heavy atom. The molecule has 0 aromatic rings. The standard InChI is InChI=1S/C12H23N3OS/c1-3-13-11(16)9(2)14-12(17)15-10-7-5-4-6-8-10/h9-10H,3-8H2,1-2H3,(H,13,16)(H2,14,15,17)/t9-/m1/s1. The summed E-state index contributed by atoms with van der Waals surface area (Å²) < 4.78 is 0. The molecule has 1 saturated carbocycles. The van der Waals surface area contributed by atoms with E-state index < -0.39 is 0 Å². The zero-order valence-corrected chi connectivity index (χ0v) is 11.5. The quantitative estimate of drug-likeness (QED) is 0.665. The molecule has 4 nitrogen and oxygen atoms in total. The lowest BCUT2D eigenvalue weighted by Gasteiger charge is -2.25. The van der Waals surface area contributed by atoms with Crippen molar-refractivity contribution in [2.75, 3.05) is 6.54 Å². The molecule has 98 valence electrons. The smallest absolute Gasteiger partial charge is 0.242 e. The molecule has 0 bridgehead atoms. The Morgan fingerprint density at radius 3 is 2.59 bits per heavy atom. The zero-order chi connectivity index (χ0) is 12.7. The molecular weight excluding hydrogens is 234 g/mol. The van der Waals surface area contributed by atoms with Gasteiger partial charge in [-0.3, -0.25) is 4.79 Å². The minimum absolute atomic E-state index is 0.0136. The predicted octanol–water partition coefficient (Wildman–Crippen LogP) is 1.31. The first kappa shape index (κ1) is 14.2. The van der Waals surface area contributed by atoms with E-state index in [0.717, 1.165) is 0 Å². The molecule has 1 atom stereocenters. The monoisotopic (exact) mass is 257 g/mol. The van der Waals surface area contributed by atoms with Crippen LogP contribution < -0.4 is 16.0 Å². The van der Waals surface area contributed by atoms with Crippen molar-refractivity contribution < 1.29 is 4.79 Å². The summed E-state index contributed by atoms with van der Waals surface area (Å²) in [7, 11) is 0. The molecule has 0 aromatic carbocycles. The van der Waals surface area contributed by atoms with Gasteiger partial charge in [-0.1, -0.05) is 19.3 Å². The molecule has 1 fully saturated rings. The molecule has 0 spiro atoms. The molecular formula is C12H23N3OS. The van der Waals surface area contributed by atoms with Crippen LogP contribution in [0.5, 0.6) is 0 Å². The van der Waals surface area contributed by atoms with Crippen molar-refractivity contribution in [2.24, 2.45) is 0 Å². The Bertz CT molecular complexity index is 264. The van der Waals surface area contributed by atoms with Crippen molar-refractivity contribution in [3.63, 3.8) is 0 Å². The highest BCUT2D eigenvalue weighted by Crippen LogP contribution is 2.17. The number of likely N-dealkylation sites (N-methyl/N-ethyl adjacent to an activating group) is 1. The summed E-state index contributed by atoms with van der Waals surface area (Å²) in [6, 6.07) is 0.198. The molecule has 0 radical (unpaired) electrons. The van der Waals surface area contributed by atoms with E-state index in [9.17, 15) is 4.79 Å². The van der Waals surface area contributed by atoms with Crippen molar-refractivity contribution in [1.82, 2.24) is 16.0 Å². The Morgan fingerprint density at radius 2 is 2.00 bits per heavy atom. The second kappa shape index (κ2) is 7.48. The van der Waals surface area contributed by atoms with Gasteiger partial charge in [-0.05, 0) is 38.9 Å². The fraction of sp³-hybridized carbons (Fsp3) is 0.833. The Hall–Kier alpha value is -0.840. The first-order valence-electron chi connectivity index (χ1n) is 6.48. The second-order valence-electron chi connectivity index (χ2n) is 4.57. The van der Waals surface area contributed by atoms with Crippen LogP contribution in [0, 0.1) is 0 Å². The lowest BCUT2D eigenvalue weighted by atomic mass is 9.96. The predicted molar refractivity (Wildman–Crippen MR) is 73.9 cm³/mol. The van der Waals surface area contributed by atoms with Crippen LogP contribution in [0.2, 0.25) is 0 Å². The summed E-state index contributed by atoms with van der Waals surface area (Å²) in [5.74, 6) is -0.0136. The van der Waals surface area contributed by atoms with Crippen molar-refractivity contribution in [3.05, 3.63) is 0 Å². The van der Waals surface area contributed by atoms with Crippen LogP contribution in [0.1, 0.15) is 46.0 Å². The minimum Gasteiger partial charge on any atom is -0.360 e. The van der Waals surface area contributed by atoms with Crippen LogP contribution in [0.15, 0.2) is 0 Å². The number of rotatable bonds is 4. The summed E-state index contributed by atoms with van der Waals surface area (Å²) in [6.07, 6.45) is 6.22. The van der Waals surface area contributed by atoms with E-state index in [0.29, 0.717) is 17.7 Å². The van der Waals surface area contributed by atoms with Gasteiger partial charge in [-0.15, -0.1) is 0 Å². The average Bonchev–Trinajstić information content (AvgIpc) is 2.30. The van der Waals surface area contributed by atoms with Crippen LogP contribution >= 0.6 is 12.2 Å². The molecule has 1 aliphatic rings. The summed E-state index contributed by atoms with van der Waals surface area (Å²) in [4.78, 5) is 11.5. The molecule has 5 heteroatoms. The lowest BCUT2D eigenvalue weighted by Crippen LogP contribution is -2.50. The van der Waals surface area contributed by atoms with Gasteiger partial charge in [0.05, 0.1) is 0 Å². The lowest BCUT2D eigenvalue weighted by molar-refractivity contribution is -0.122. The third kappa shape index (κ3) is 5.35. The van der Waals surface area contributed by atoms with Crippen molar-refractivity contribution >= 4 is 23.2 Å². The number of hydrogen-bond acceptors (Lipinski definition) is 2. The first-order valence-corrected chi connectivity index (χ1v) is 6.89. The topological polar surface area (TPSA) is 53.2 Å². The molecule has 0 aliphatic heterocycles. The maximum Gasteiger partial charge on any atom is 0.242 e. The van der Waals surface area contributed by atoms with E-state index in [-0.39, 0.29) is 11.9 Å². The first-order chi connectivity index (χ1) is 8.13. The molecule has 0 saturated heterocycles. The third-order valence-corrected chi connectivity index (χ3v) is 3.27. The number of nitrogens with one attached hydrogen (secondary N) is 3. The van der Waals surface area contributed by atoms with Gasteiger partial charge in [-0.25, -0.2) is 0 Å². The average molecular weight is 257 g/mol. The number of hydrogen-bond donors (Lipinski definition) is 3. The van der Waals surface area contributed by atoms with Crippen molar-refractivity contribution in [1.29, 1.82) is 0 Å². The Labute approximate surface area is 109 Å². The molecule has 0 unspecified atom stereocenters. The van der Waals surface area contributed by atoms with E-state index in [1.54, 1.807) is 0 Å². The summed E-state index contributed by atoms with van der Waals surface area (Å²) >= 11 is 5.21. The Kier molecular flexibility index (Phi) is 6.26. The molecule has 1 aliphatic carbocycles. The maximum atomic E-state index is 11.5. The van der Waals surface area contributed by atoms with Crippen LogP contribution in [-0.2, 0) is 4.79 Å². The highest BCUT2D eigenvalue weighted by Gasteiger charge is 2.16. The van der Waals surface area contributed by atoms with Gasteiger partial charge in [0.25, 0.3) is 0 Å². The van der Waals surface area contributed by atoms with Crippen LogP contribution in [0.4, 0.5) is 0 Å². The van der Waals surface area contributed by atoms with E-state index >= 15 is 0 Å². The number of carbonyl (C=O) groups is 1. The fourth-order valence-electron chi connectivity index (χ4n) is 2.06. The number of thiocarbonyl (C=S) groups is 1. The third-order valence-electron chi connectivity index (χ3n) is 3.03. The van der Waals surface area contributed by atoms with E-state index in [4.69, 9.17) is 12.2 Å². The summed E-state index contributed by atoms with van der Waals surface area (Å²) in [5.41, 5.74) is 0. The van der Waals surface area contributed by atoms with Gasteiger partial charge >= 0.3 is 0 Å². The van der Waals surface area contributed by atoms with Gasteiger partial charge in [0.1, 0.15) is 6.04 Å². The molecule has 1 amide bonds. The molecule has 0 heterocycles. The zero-order valence-electron chi connectivity index (χ0n) is 10.7. The van der Waals surface area contributed by atoms with Gasteiger partial charge in [-0.2, -0.15) is 0 Å². The molecule has 0 aromatic heterocycles.